The maximum atomic E-state index is 11.8. The number of hydrogen-bond acceptors (Lipinski definition) is 3. The van der Waals surface area contributed by atoms with Gasteiger partial charge < -0.3 is 4.74 Å². The molecule has 1 aliphatic heterocycles. The fourth-order valence-electron chi connectivity index (χ4n) is 3.27. The van der Waals surface area contributed by atoms with Crippen LogP contribution in [-0.4, -0.2) is 17.9 Å². The molecule has 0 spiro atoms. The standard InChI is InChI=1S/C26H41NO2/c1-8-23(16-10-14-21(6)13-9-12-19(2)3)17-11-15-22(7)18-24-27-25(20(4)5)26(28)29-24/h12,14,17-18,20,25H,8-11,13,15-16H2,1-7H3/b21-14+,22-18+,23-17+. The minimum atomic E-state index is -0.348. The molecule has 0 fully saturated rings. The predicted molar refractivity (Wildman–Crippen MR) is 125 cm³/mol. The largest absolute Gasteiger partial charge is 0.406 e. The zero-order valence-electron chi connectivity index (χ0n) is 19.7. The van der Waals surface area contributed by atoms with Gasteiger partial charge in [0.1, 0.15) is 0 Å². The number of ether oxygens (including phenoxy) is 1. The zero-order valence-corrected chi connectivity index (χ0v) is 19.7. The molecule has 1 atom stereocenters. The summed E-state index contributed by atoms with van der Waals surface area (Å²) in [6, 6.07) is -0.348. The van der Waals surface area contributed by atoms with Crippen molar-refractivity contribution >= 4 is 11.9 Å². The number of rotatable bonds is 12. The number of aliphatic imine (C=N–C) groups is 1. The molecule has 1 heterocycles. The van der Waals surface area contributed by atoms with E-state index in [2.05, 4.69) is 57.8 Å². The van der Waals surface area contributed by atoms with Crippen LogP contribution >= 0.6 is 0 Å². The molecule has 0 saturated carbocycles. The van der Waals surface area contributed by atoms with Crippen LogP contribution in [0.15, 0.2) is 51.6 Å². The van der Waals surface area contributed by atoms with E-state index in [-0.39, 0.29) is 17.9 Å². The fraction of sp³-hybridized carbons (Fsp3) is 0.615. The highest BCUT2D eigenvalue weighted by molar-refractivity contribution is 6.03. The van der Waals surface area contributed by atoms with Crippen molar-refractivity contribution in [2.24, 2.45) is 10.9 Å². The van der Waals surface area contributed by atoms with Crippen LogP contribution in [0.25, 0.3) is 0 Å². The first-order chi connectivity index (χ1) is 13.7. The second-order valence-corrected chi connectivity index (χ2v) is 8.73. The molecular weight excluding hydrogens is 358 g/mol. The molecule has 1 rings (SSSR count). The van der Waals surface area contributed by atoms with Crippen molar-refractivity contribution in [3.63, 3.8) is 0 Å². The topological polar surface area (TPSA) is 38.7 Å². The average Bonchev–Trinajstić information content (AvgIpc) is 3.00. The number of hydrogen-bond donors (Lipinski definition) is 0. The molecular formula is C26H41NO2. The van der Waals surface area contributed by atoms with Crippen LogP contribution in [0.3, 0.4) is 0 Å². The van der Waals surface area contributed by atoms with Gasteiger partial charge in [-0.3, -0.25) is 0 Å². The number of carbonyl (C=O) groups excluding carboxylic acids is 1. The van der Waals surface area contributed by atoms with Crippen LogP contribution in [0.5, 0.6) is 0 Å². The third-order valence-corrected chi connectivity index (χ3v) is 5.19. The molecule has 0 aromatic carbocycles. The zero-order chi connectivity index (χ0) is 21.8. The first-order valence-corrected chi connectivity index (χ1v) is 11.2. The van der Waals surface area contributed by atoms with Crippen molar-refractivity contribution in [2.75, 3.05) is 0 Å². The number of allylic oxidation sites excluding steroid dienone is 7. The Bertz CT molecular complexity index is 685. The van der Waals surface area contributed by atoms with Gasteiger partial charge in [-0.05, 0) is 84.6 Å². The van der Waals surface area contributed by atoms with E-state index in [1.165, 1.54) is 22.3 Å². The Hall–Kier alpha value is -1.90. The van der Waals surface area contributed by atoms with Crippen LogP contribution in [0.1, 0.15) is 93.4 Å². The molecule has 3 heteroatoms. The summed E-state index contributed by atoms with van der Waals surface area (Å²) in [4.78, 5) is 16.2. The van der Waals surface area contributed by atoms with E-state index < -0.39 is 0 Å². The highest BCUT2D eigenvalue weighted by atomic mass is 16.6. The summed E-state index contributed by atoms with van der Waals surface area (Å²) in [5, 5.41) is 0. The normalized spacial score (nSPS) is 18.2. The highest BCUT2D eigenvalue weighted by Crippen LogP contribution is 2.19. The van der Waals surface area contributed by atoms with E-state index in [0.717, 1.165) is 44.9 Å². The van der Waals surface area contributed by atoms with Gasteiger partial charge in [-0.15, -0.1) is 0 Å². The summed E-state index contributed by atoms with van der Waals surface area (Å²) < 4.78 is 5.28. The molecule has 0 aromatic heterocycles. The SMILES string of the molecule is CC/C(=C\CC/C(C)=C/C1=NC(C(C)C)C(=O)O1)CC/C=C(\C)CCC=C(C)C. The Kier molecular flexibility index (Phi) is 11.6. The summed E-state index contributed by atoms with van der Waals surface area (Å²) in [7, 11) is 0. The summed E-state index contributed by atoms with van der Waals surface area (Å²) in [6.07, 6.45) is 16.6. The van der Waals surface area contributed by atoms with Crippen LogP contribution in [0.4, 0.5) is 0 Å². The lowest BCUT2D eigenvalue weighted by Crippen LogP contribution is -2.20. The van der Waals surface area contributed by atoms with Crippen molar-refractivity contribution in [1.82, 2.24) is 0 Å². The molecule has 0 aliphatic carbocycles. The molecule has 1 unspecified atom stereocenters. The molecule has 0 saturated heterocycles. The van der Waals surface area contributed by atoms with Crippen molar-refractivity contribution in [3.05, 3.63) is 46.6 Å². The summed E-state index contributed by atoms with van der Waals surface area (Å²) >= 11 is 0. The van der Waals surface area contributed by atoms with E-state index in [0.29, 0.717) is 5.90 Å². The summed E-state index contributed by atoms with van der Waals surface area (Å²) in [6.45, 7) is 14.9. The van der Waals surface area contributed by atoms with E-state index >= 15 is 0 Å². The van der Waals surface area contributed by atoms with Gasteiger partial charge in [0.05, 0.1) is 0 Å². The molecule has 1 aliphatic rings. The predicted octanol–water partition coefficient (Wildman–Crippen LogP) is 7.50. The fourth-order valence-corrected chi connectivity index (χ4v) is 3.27. The van der Waals surface area contributed by atoms with E-state index in [9.17, 15) is 4.79 Å². The van der Waals surface area contributed by atoms with Gasteiger partial charge in [-0.25, -0.2) is 9.79 Å². The van der Waals surface area contributed by atoms with Crippen molar-refractivity contribution in [3.8, 4) is 0 Å². The van der Waals surface area contributed by atoms with Gasteiger partial charge in [0.2, 0.25) is 5.90 Å². The first-order valence-electron chi connectivity index (χ1n) is 11.2. The lowest BCUT2D eigenvalue weighted by atomic mass is 10.0. The number of cyclic esters (lactones) is 1. The van der Waals surface area contributed by atoms with Gasteiger partial charge in [0.25, 0.3) is 0 Å². The first kappa shape index (κ1) is 25.1. The molecule has 3 nitrogen and oxygen atoms in total. The Morgan fingerprint density at radius 3 is 2.17 bits per heavy atom. The van der Waals surface area contributed by atoms with Gasteiger partial charge >= 0.3 is 5.97 Å². The number of nitrogens with zero attached hydrogens (tertiary/aromatic N) is 1. The molecule has 29 heavy (non-hydrogen) atoms. The maximum Gasteiger partial charge on any atom is 0.337 e. The van der Waals surface area contributed by atoms with Gasteiger partial charge in [0, 0.05) is 0 Å². The third-order valence-electron chi connectivity index (χ3n) is 5.19. The van der Waals surface area contributed by atoms with Crippen molar-refractivity contribution in [2.45, 2.75) is 99.5 Å². The molecule has 0 amide bonds. The average molecular weight is 400 g/mol. The minimum absolute atomic E-state index is 0.175. The Balaban J connectivity index is 2.45. The Morgan fingerprint density at radius 1 is 0.966 bits per heavy atom. The smallest absolute Gasteiger partial charge is 0.337 e. The molecule has 162 valence electrons. The van der Waals surface area contributed by atoms with Crippen LogP contribution in [0, 0.1) is 5.92 Å². The summed E-state index contributed by atoms with van der Waals surface area (Å²) in [5.41, 5.74) is 5.61. The van der Waals surface area contributed by atoms with E-state index in [1.54, 1.807) is 0 Å². The Labute approximate surface area is 178 Å². The van der Waals surface area contributed by atoms with Crippen LogP contribution in [0.2, 0.25) is 0 Å². The molecule has 0 aromatic rings. The summed E-state index contributed by atoms with van der Waals surface area (Å²) in [5.74, 6) is 0.421. The second kappa shape index (κ2) is 13.3. The van der Waals surface area contributed by atoms with Crippen molar-refractivity contribution in [1.29, 1.82) is 0 Å². The highest BCUT2D eigenvalue weighted by Gasteiger charge is 2.30. The molecule has 0 bridgehead atoms. The second-order valence-electron chi connectivity index (χ2n) is 8.73. The van der Waals surface area contributed by atoms with E-state index in [1.807, 2.05) is 19.9 Å². The molecule has 0 N–H and O–H groups in total. The Morgan fingerprint density at radius 2 is 1.59 bits per heavy atom. The number of carbonyl (C=O) groups is 1. The van der Waals surface area contributed by atoms with Gasteiger partial charge in [-0.1, -0.05) is 61.3 Å². The minimum Gasteiger partial charge on any atom is -0.406 e. The monoisotopic (exact) mass is 399 g/mol. The van der Waals surface area contributed by atoms with Crippen molar-refractivity contribution < 1.29 is 9.53 Å². The van der Waals surface area contributed by atoms with E-state index in [4.69, 9.17) is 4.74 Å². The lowest BCUT2D eigenvalue weighted by molar-refractivity contribution is -0.135. The number of esters is 1. The lowest BCUT2D eigenvalue weighted by Gasteiger charge is -2.05. The third kappa shape index (κ3) is 10.4. The van der Waals surface area contributed by atoms with Crippen LogP contribution < -0.4 is 0 Å². The van der Waals surface area contributed by atoms with Gasteiger partial charge in [0.15, 0.2) is 6.04 Å². The van der Waals surface area contributed by atoms with Crippen LogP contribution in [-0.2, 0) is 9.53 Å². The quantitative estimate of drug-likeness (QED) is 0.252. The maximum absolute atomic E-state index is 11.8. The van der Waals surface area contributed by atoms with Gasteiger partial charge in [-0.2, -0.15) is 0 Å². The molecule has 0 radical (unpaired) electrons.